The van der Waals surface area contributed by atoms with Gasteiger partial charge in [0.25, 0.3) is 0 Å². The number of rotatable bonds is 2. The monoisotopic (exact) mass is 270 g/mol. The summed E-state index contributed by atoms with van der Waals surface area (Å²) in [5, 5.41) is 0. The number of hydrogen-bond donors (Lipinski definition) is 0. The normalized spacial score (nSPS) is 17.2. The van der Waals surface area contributed by atoms with Crippen LogP contribution in [0, 0.1) is 0 Å². The van der Waals surface area contributed by atoms with Gasteiger partial charge in [0, 0.05) is 32.8 Å². The molecule has 0 aliphatic carbocycles. The van der Waals surface area contributed by atoms with Crippen LogP contribution >= 0.6 is 15.9 Å². The molecule has 1 aromatic heterocycles. The summed E-state index contributed by atoms with van der Waals surface area (Å²) >= 11 is 3.46. The number of halogens is 1. The van der Waals surface area contributed by atoms with Crippen LogP contribution in [-0.2, 0) is 18.4 Å². The number of amides is 1. The van der Waals surface area contributed by atoms with Crippen LogP contribution in [0.15, 0.2) is 16.9 Å². The van der Waals surface area contributed by atoms with Gasteiger partial charge in [-0.15, -0.1) is 0 Å². The standard InChI is InChI=1S/C11H15BrN2O/c1-13-7-9(6-10(13)12)8-14-5-3-2-4-11(14)15/h6-7H,2-5,8H2,1H3. The molecule has 0 spiro atoms. The van der Waals surface area contributed by atoms with Gasteiger partial charge in [-0.05, 0) is 40.4 Å². The van der Waals surface area contributed by atoms with Gasteiger partial charge in [0.1, 0.15) is 0 Å². The van der Waals surface area contributed by atoms with Crippen LogP contribution in [0.4, 0.5) is 0 Å². The highest BCUT2D eigenvalue weighted by atomic mass is 79.9. The molecule has 1 aliphatic rings. The van der Waals surface area contributed by atoms with Crippen molar-refractivity contribution in [2.75, 3.05) is 6.54 Å². The highest BCUT2D eigenvalue weighted by Gasteiger charge is 2.18. The van der Waals surface area contributed by atoms with Gasteiger partial charge in [-0.2, -0.15) is 0 Å². The van der Waals surface area contributed by atoms with E-state index in [2.05, 4.69) is 28.2 Å². The lowest BCUT2D eigenvalue weighted by atomic mass is 10.1. The predicted octanol–water partition coefficient (Wildman–Crippen LogP) is 2.30. The Morgan fingerprint density at radius 1 is 1.47 bits per heavy atom. The molecule has 82 valence electrons. The molecular weight excluding hydrogens is 256 g/mol. The van der Waals surface area contributed by atoms with Crippen LogP contribution in [0.2, 0.25) is 0 Å². The van der Waals surface area contributed by atoms with Crippen molar-refractivity contribution in [1.29, 1.82) is 0 Å². The van der Waals surface area contributed by atoms with Crippen molar-refractivity contribution < 1.29 is 4.79 Å². The van der Waals surface area contributed by atoms with Crippen molar-refractivity contribution in [3.63, 3.8) is 0 Å². The maximum absolute atomic E-state index is 11.6. The minimum Gasteiger partial charge on any atom is -0.345 e. The molecule has 2 rings (SSSR count). The summed E-state index contributed by atoms with van der Waals surface area (Å²) in [5.41, 5.74) is 1.19. The van der Waals surface area contributed by atoms with Crippen LogP contribution in [-0.4, -0.2) is 21.9 Å². The summed E-state index contributed by atoms with van der Waals surface area (Å²) in [6.45, 7) is 1.66. The summed E-state index contributed by atoms with van der Waals surface area (Å²) in [5.74, 6) is 0.293. The topological polar surface area (TPSA) is 25.2 Å². The molecule has 0 atom stereocenters. The smallest absolute Gasteiger partial charge is 0.222 e. The number of piperidine rings is 1. The summed E-state index contributed by atoms with van der Waals surface area (Å²) < 4.78 is 3.07. The minimum absolute atomic E-state index is 0.293. The second-order valence-electron chi connectivity index (χ2n) is 4.05. The molecule has 0 N–H and O–H groups in total. The number of carbonyl (C=O) groups excluding carboxylic acids is 1. The fraction of sp³-hybridized carbons (Fsp3) is 0.545. The van der Waals surface area contributed by atoms with Crippen molar-refractivity contribution in [2.24, 2.45) is 7.05 Å². The SMILES string of the molecule is Cn1cc(CN2CCCCC2=O)cc1Br. The van der Waals surface area contributed by atoms with E-state index >= 15 is 0 Å². The Labute approximate surface area is 98.2 Å². The third-order valence-electron chi connectivity index (χ3n) is 2.80. The molecule has 1 amide bonds. The third-order valence-corrected chi connectivity index (χ3v) is 3.58. The van der Waals surface area contributed by atoms with E-state index in [1.165, 1.54) is 5.56 Å². The lowest BCUT2D eigenvalue weighted by Gasteiger charge is -2.26. The van der Waals surface area contributed by atoms with Crippen molar-refractivity contribution >= 4 is 21.8 Å². The first-order valence-corrected chi connectivity index (χ1v) is 6.04. The second kappa shape index (κ2) is 4.39. The van der Waals surface area contributed by atoms with E-state index in [4.69, 9.17) is 0 Å². The largest absolute Gasteiger partial charge is 0.345 e. The molecule has 0 aromatic carbocycles. The van der Waals surface area contributed by atoms with Crippen molar-refractivity contribution in [3.8, 4) is 0 Å². The Hall–Kier alpha value is -0.770. The fourth-order valence-electron chi connectivity index (χ4n) is 1.94. The van der Waals surface area contributed by atoms with Gasteiger partial charge in [-0.25, -0.2) is 0 Å². The minimum atomic E-state index is 0.293. The predicted molar refractivity (Wildman–Crippen MR) is 62.4 cm³/mol. The molecule has 3 nitrogen and oxygen atoms in total. The molecular formula is C11H15BrN2O. The quantitative estimate of drug-likeness (QED) is 0.810. The second-order valence-corrected chi connectivity index (χ2v) is 4.87. The van der Waals surface area contributed by atoms with Gasteiger partial charge in [-0.3, -0.25) is 4.79 Å². The fourth-order valence-corrected chi connectivity index (χ4v) is 2.33. The molecule has 1 saturated heterocycles. The zero-order valence-electron chi connectivity index (χ0n) is 8.87. The van der Waals surface area contributed by atoms with Gasteiger partial charge >= 0.3 is 0 Å². The Balaban J connectivity index is 2.04. The van der Waals surface area contributed by atoms with Crippen LogP contribution in [0.5, 0.6) is 0 Å². The molecule has 1 fully saturated rings. The molecule has 1 aliphatic heterocycles. The molecule has 4 heteroatoms. The molecule has 15 heavy (non-hydrogen) atoms. The average Bonchev–Trinajstić information content (AvgIpc) is 2.50. The highest BCUT2D eigenvalue weighted by Crippen LogP contribution is 2.18. The van der Waals surface area contributed by atoms with Crippen LogP contribution in [0.3, 0.4) is 0 Å². The summed E-state index contributed by atoms with van der Waals surface area (Å²) in [6, 6.07) is 2.07. The van der Waals surface area contributed by atoms with Crippen LogP contribution < -0.4 is 0 Å². The Bertz CT molecular complexity index is 353. The van der Waals surface area contributed by atoms with Gasteiger partial charge in [0.2, 0.25) is 5.91 Å². The Kier molecular flexibility index (Phi) is 3.14. The van der Waals surface area contributed by atoms with E-state index in [1.54, 1.807) is 0 Å². The van der Waals surface area contributed by atoms with E-state index in [-0.39, 0.29) is 0 Å². The zero-order valence-corrected chi connectivity index (χ0v) is 10.5. The molecule has 0 bridgehead atoms. The first-order chi connectivity index (χ1) is 7.16. The van der Waals surface area contributed by atoms with Gasteiger partial charge in [-0.1, -0.05) is 0 Å². The summed E-state index contributed by atoms with van der Waals surface area (Å²) in [6.07, 6.45) is 4.97. The number of aryl methyl sites for hydroxylation is 1. The first-order valence-electron chi connectivity index (χ1n) is 5.25. The van der Waals surface area contributed by atoms with Crippen molar-refractivity contribution in [2.45, 2.75) is 25.8 Å². The Morgan fingerprint density at radius 2 is 2.27 bits per heavy atom. The summed E-state index contributed by atoms with van der Waals surface area (Å²) in [4.78, 5) is 13.5. The number of nitrogens with zero attached hydrogens (tertiary/aromatic N) is 2. The lowest BCUT2D eigenvalue weighted by molar-refractivity contribution is -0.133. The van der Waals surface area contributed by atoms with Crippen molar-refractivity contribution in [3.05, 3.63) is 22.4 Å². The van der Waals surface area contributed by atoms with E-state index in [0.29, 0.717) is 12.3 Å². The Morgan fingerprint density at radius 3 is 2.87 bits per heavy atom. The number of aromatic nitrogens is 1. The molecule has 0 saturated carbocycles. The van der Waals surface area contributed by atoms with E-state index in [0.717, 1.165) is 30.5 Å². The number of likely N-dealkylation sites (tertiary alicyclic amines) is 1. The van der Waals surface area contributed by atoms with Crippen LogP contribution in [0.1, 0.15) is 24.8 Å². The van der Waals surface area contributed by atoms with Gasteiger partial charge in [0.05, 0.1) is 4.60 Å². The highest BCUT2D eigenvalue weighted by molar-refractivity contribution is 9.10. The zero-order chi connectivity index (χ0) is 10.8. The number of hydrogen-bond acceptors (Lipinski definition) is 1. The van der Waals surface area contributed by atoms with Crippen LogP contribution in [0.25, 0.3) is 0 Å². The summed E-state index contributed by atoms with van der Waals surface area (Å²) in [7, 11) is 1.99. The van der Waals surface area contributed by atoms with E-state index in [1.807, 2.05) is 16.5 Å². The maximum Gasteiger partial charge on any atom is 0.222 e. The molecule has 0 radical (unpaired) electrons. The molecule has 0 unspecified atom stereocenters. The van der Waals surface area contributed by atoms with E-state index < -0.39 is 0 Å². The lowest BCUT2D eigenvalue weighted by Crippen LogP contribution is -2.34. The third kappa shape index (κ3) is 2.43. The molecule has 2 heterocycles. The maximum atomic E-state index is 11.6. The van der Waals surface area contributed by atoms with E-state index in [9.17, 15) is 4.79 Å². The molecule has 1 aromatic rings. The van der Waals surface area contributed by atoms with Crippen molar-refractivity contribution in [1.82, 2.24) is 9.47 Å². The van der Waals surface area contributed by atoms with Gasteiger partial charge < -0.3 is 9.47 Å². The van der Waals surface area contributed by atoms with Gasteiger partial charge in [0.15, 0.2) is 0 Å². The number of carbonyl (C=O) groups is 1. The first kappa shape index (κ1) is 10.7. The average molecular weight is 271 g/mol.